The van der Waals surface area contributed by atoms with Crippen LogP contribution in [0, 0.1) is 0 Å². The maximum Gasteiger partial charge on any atom is 0.185 e. The Kier molecular flexibility index (Phi) is 5.29. The van der Waals surface area contributed by atoms with Crippen molar-refractivity contribution >= 4 is 21.7 Å². The van der Waals surface area contributed by atoms with Crippen molar-refractivity contribution in [1.29, 1.82) is 0 Å². The van der Waals surface area contributed by atoms with Gasteiger partial charge in [0.25, 0.3) is 0 Å². The van der Waals surface area contributed by atoms with Crippen molar-refractivity contribution in [2.45, 2.75) is 51.9 Å². The first kappa shape index (κ1) is 18.1. The molecule has 0 atom stereocenters. The highest BCUT2D eigenvalue weighted by atomic mass is 79.9. The number of carbonyl (C=O) groups is 1. The molecule has 0 fully saturated rings. The fourth-order valence-electron chi connectivity index (χ4n) is 4.39. The summed E-state index contributed by atoms with van der Waals surface area (Å²) in [6.45, 7) is 6.39. The minimum atomic E-state index is 0.0180. The second-order valence-corrected chi connectivity index (χ2v) is 7.81. The smallest absolute Gasteiger partial charge is 0.185 e. The minimum Gasteiger partial charge on any atom is -0.289 e. The van der Waals surface area contributed by atoms with Gasteiger partial charge in [0.2, 0.25) is 0 Å². The molecule has 1 aliphatic carbocycles. The number of allylic oxidation sites excluding steroid dienone is 2. The predicted octanol–water partition coefficient (Wildman–Crippen LogP) is 7.07. The van der Waals surface area contributed by atoms with E-state index in [1.54, 1.807) is 6.08 Å². The molecule has 1 nitrogen and oxygen atoms in total. The van der Waals surface area contributed by atoms with Crippen LogP contribution in [-0.4, -0.2) is 5.78 Å². The van der Waals surface area contributed by atoms with E-state index in [4.69, 9.17) is 0 Å². The van der Waals surface area contributed by atoms with Gasteiger partial charge in [-0.3, -0.25) is 4.79 Å². The van der Waals surface area contributed by atoms with Gasteiger partial charge in [-0.05, 0) is 66.3 Å². The summed E-state index contributed by atoms with van der Waals surface area (Å²) in [6.07, 6.45) is 7.93. The fraction of sp³-hybridized carbons (Fsp3) is 0.348. The van der Waals surface area contributed by atoms with Crippen LogP contribution in [0.25, 0.3) is 11.1 Å². The molecule has 0 saturated carbocycles. The zero-order valence-electron chi connectivity index (χ0n) is 15.2. The Morgan fingerprint density at radius 3 is 2.20 bits per heavy atom. The highest BCUT2D eigenvalue weighted by Gasteiger charge is 2.42. The van der Waals surface area contributed by atoms with Gasteiger partial charge in [0.05, 0.1) is 0 Å². The Labute approximate surface area is 159 Å². The second kappa shape index (κ2) is 7.29. The maximum atomic E-state index is 12.4. The van der Waals surface area contributed by atoms with Gasteiger partial charge in [-0.25, -0.2) is 0 Å². The van der Waals surface area contributed by atoms with Gasteiger partial charge in [-0.2, -0.15) is 0 Å². The summed E-state index contributed by atoms with van der Waals surface area (Å²) in [6, 6.07) is 12.9. The van der Waals surface area contributed by atoms with Crippen LogP contribution in [0.4, 0.5) is 0 Å². The highest BCUT2D eigenvalue weighted by Crippen LogP contribution is 2.54. The first-order valence-electron chi connectivity index (χ1n) is 9.19. The van der Waals surface area contributed by atoms with Crippen LogP contribution in [-0.2, 0) is 5.41 Å². The summed E-state index contributed by atoms with van der Waals surface area (Å²) >= 11 is 3.66. The molecule has 0 unspecified atom stereocenters. The first-order valence-corrected chi connectivity index (χ1v) is 9.98. The van der Waals surface area contributed by atoms with Gasteiger partial charge in [-0.15, -0.1) is 0 Å². The van der Waals surface area contributed by atoms with Crippen molar-refractivity contribution in [2.24, 2.45) is 0 Å². The lowest BCUT2D eigenvalue weighted by atomic mass is 9.71. The molecule has 0 spiro atoms. The molecule has 0 radical (unpaired) electrons. The van der Waals surface area contributed by atoms with E-state index in [-0.39, 0.29) is 11.2 Å². The number of ketones is 1. The summed E-state index contributed by atoms with van der Waals surface area (Å²) in [5.74, 6) is 0.0873. The Balaban J connectivity index is 2.26. The molecule has 2 heteroatoms. The summed E-state index contributed by atoms with van der Waals surface area (Å²) in [5, 5.41) is 0. The molecule has 3 rings (SSSR count). The number of halogens is 1. The van der Waals surface area contributed by atoms with E-state index >= 15 is 0 Å². The molecule has 130 valence electrons. The van der Waals surface area contributed by atoms with E-state index in [0.717, 1.165) is 35.7 Å². The molecule has 0 N–H and O–H groups in total. The lowest BCUT2D eigenvalue weighted by Crippen LogP contribution is -2.25. The molecule has 0 bridgehead atoms. The van der Waals surface area contributed by atoms with Crippen molar-refractivity contribution in [2.75, 3.05) is 0 Å². The predicted molar refractivity (Wildman–Crippen MR) is 109 cm³/mol. The van der Waals surface area contributed by atoms with Gasteiger partial charge in [-0.1, -0.05) is 66.9 Å². The van der Waals surface area contributed by atoms with Crippen LogP contribution in [0.5, 0.6) is 0 Å². The molecule has 2 aromatic rings. The Morgan fingerprint density at radius 1 is 1.00 bits per heavy atom. The van der Waals surface area contributed by atoms with Crippen molar-refractivity contribution in [3.63, 3.8) is 0 Å². The molecule has 25 heavy (non-hydrogen) atoms. The van der Waals surface area contributed by atoms with Gasteiger partial charge in [0.15, 0.2) is 5.78 Å². The molecule has 0 aliphatic heterocycles. The number of fused-ring (bicyclic) bond motifs is 3. The highest BCUT2D eigenvalue weighted by molar-refractivity contribution is 9.10. The average molecular weight is 397 g/mol. The number of hydrogen-bond acceptors (Lipinski definition) is 1. The third kappa shape index (κ3) is 3.01. The summed E-state index contributed by atoms with van der Waals surface area (Å²) in [4.78, 5) is 12.4. The van der Waals surface area contributed by atoms with Crippen LogP contribution in [0.3, 0.4) is 0 Å². The lowest BCUT2D eigenvalue weighted by Gasteiger charge is -2.32. The maximum absolute atomic E-state index is 12.4. The average Bonchev–Trinajstić information content (AvgIpc) is 2.85. The molecule has 0 saturated heterocycles. The number of benzene rings is 2. The van der Waals surface area contributed by atoms with E-state index in [1.165, 1.54) is 22.3 Å². The second-order valence-electron chi connectivity index (χ2n) is 6.90. The molecular weight excluding hydrogens is 372 g/mol. The molecular formula is C23H25BrO. The normalized spacial score (nSPS) is 14.6. The Morgan fingerprint density at radius 2 is 1.60 bits per heavy atom. The Hall–Kier alpha value is -1.67. The minimum absolute atomic E-state index is 0.0180. The van der Waals surface area contributed by atoms with Crippen molar-refractivity contribution in [1.82, 2.24) is 0 Å². The summed E-state index contributed by atoms with van der Waals surface area (Å²) in [5.41, 5.74) is 6.17. The number of carbonyl (C=O) groups excluding carboxylic acids is 1. The molecule has 0 heterocycles. The van der Waals surface area contributed by atoms with Crippen LogP contribution in [0.1, 0.15) is 67.9 Å². The molecule has 0 amide bonds. The summed E-state index contributed by atoms with van der Waals surface area (Å²) < 4.78 is 1.13. The lowest BCUT2D eigenvalue weighted by molar-refractivity contribution is 0.104. The largest absolute Gasteiger partial charge is 0.289 e. The molecule has 0 aromatic heterocycles. The van der Waals surface area contributed by atoms with Crippen molar-refractivity contribution < 1.29 is 4.79 Å². The van der Waals surface area contributed by atoms with Crippen molar-refractivity contribution in [3.8, 4) is 11.1 Å². The first-order chi connectivity index (χ1) is 12.1. The zero-order chi connectivity index (χ0) is 18.0. The molecule has 2 aromatic carbocycles. The van der Waals surface area contributed by atoms with Gasteiger partial charge < -0.3 is 0 Å². The van der Waals surface area contributed by atoms with E-state index in [0.29, 0.717) is 0 Å². The SMILES string of the molecule is C/C=C/C(=O)c1ccc2c(c1)C(CCC)(CCC)c1cc(Br)ccc1-2. The van der Waals surface area contributed by atoms with Gasteiger partial charge in [0.1, 0.15) is 0 Å². The zero-order valence-corrected chi connectivity index (χ0v) is 16.8. The number of rotatable bonds is 6. The summed E-state index contributed by atoms with van der Waals surface area (Å²) in [7, 11) is 0. The van der Waals surface area contributed by atoms with E-state index in [9.17, 15) is 4.79 Å². The quantitative estimate of drug-likeness (QED) is 0.376. The fourth-order valence-corrected chi connectivity index (χ4v) is 4.75. The van der Waals surface area contributed by atoms with Crippen LogP contribution in [0.2, 0.25) is 0 Å². The Bertz CT molecular complexity index is 826. The number of hydrogen-bond donors (Lipinski definition) is 0. The standard InChI is InChI=1S/C23H25BrO/c1-4-7-22(25)16-8-10-18-19-11-9-17(24)15-21(19)23(12-5-2,13-6-3)20(18)14-16/h4,7-11,14-15H,5-6,12-13H2,1-3H3/b7-4+. The van der Waals surface area contributed by atoms with E-state index < -0.39 is 0 Å². The third-order valence-electron chi connectivity index (χ3n) is 5.28. The third-order valence-corrected chi connectivity index (χ3v) is 5.77. The van der Waals surface area contributed by atoms with Gasteiger partial charge in [0, 0.05) is 15.5 Å². The molecule has 1 aliphatic rings. The van der Waals surface area contributed by atoms with E-state index in [1.807, 2.05) is 19.1 Å². The van der Waals surface area contributed by atoms with Crippen LogP contribution < -0.4 is 0 Å². The van der Waals surface area contributed by atoms with Crippen LogP contribution in [0.15, 0.2) is 53.0 Å². The van der Waals surface area contributed by atoms with Crippen molar-refractivity contribution in [3.05, 3.63) is 69.7 Å². The van der Waals surface area contributed by atoms with Gasteiger partial charge >= 0.3 is 0 Å². The van der Waals surface area contributed by atoms with E-state index in [2.05, 4.69) is 60.1 Å². The topological polar surface area (TPSA) is 17.1 Å². The van der Waals surface area contributed by atoms with Crippen LogP contribution >= 0.6 is 15.9 Å². The monoisotopic (exact) mass is 396 g/mol.